The highest BCUT2D eigenvalue weighted by Gasteiger charge is 2.10. The van der Waals surface area contributed by atoms with E-state index in [0.29, 0.717) is 12.3 Å². The van der Waals surface area contributed by atoms with E-state index in [0.717, 1.165) is 19.1 Å². The van der Waals surface area contributed by atoms with Crippen molar-refractivity contribution >= 4 is 45.2 Å². The van der Waals surface area contributed by atoms with Gasteiger partial charge in [-0.3, -0.25) is 0 Å². The summed E-state index contributed by atoms with van der Waals surface area (Å²) in [6, 6.07) is 3.76. The largest absolute Gasteiger partial charge is 0.506 e. The molecule has 1 aromatic carbocycles. The molecule has 1 atom stereocenters. The van der Waals surface area contributed by atoms with Gasteiger partial charge in [0, 0.05) is 6.04 Å². The molecule has 0 unspecified atom stereocenters. The van der Waals surface area contributed by atoms with Crippen LogP contribution in [0, 0.1) is 7.14 Å². The fraction of sp³-hybridized carbons (Fsp3) is 0.333. The minimum absolute atomic E-state index is 0.0392. The molecule has 0 heterocycles. The number of rotatable bonds is 3. The Hall–Kier alpha value is 0.400. The number of phenolic OH excluding ortho intramolecular Hbond substituents is 1. The quantitative estimate of drug-likeness (QED) is 0.658. The van der Waals surface area contributed by atoms with Crippen molar-refractivity contribution in [2.45, 2.75) is 12.5 Å². The summed E-state index contributed by atoms with van der Waals surface area (Å²) >= 11 is 4.19. The van der Waals surface area contributed by atoms with Crippen LogP contribution in [-0.2, 0) is 0 Å². The van der Waals surface area contributed by atoms with Crippen molar-refractivity contribution in [3.8, 4) is 5.75 Å². The zero-order chi connectivity index (χ0) is 10.7. The average Bonchev–Trinajstić information content (AvgIpc) is 2.13. The molecule has 5 heteroatoms. The van der Waals surface area contributed by atoms with Gasteiger partial charge in [-0.15, -0.1) is 0 Å². The van der Waals surface area contributed by atoms with Crippen LogP contribution in [0.15, 0.2) is 12.1 Å². The van der Waals surface area contributed by atoms with Gasteiger partial charge in [-0.1, -0.05) is 0 Å². The summed E-state index contributed by atoms with van der Waals surface area (Å²) in [6.07, 6.45) is 0.761. The fourth-order valence-electron chi connectivity index (χ4n) is 1.15. The van der Waals surface area contributed by atoms with E-state index in [2.05, 4.69) is 45.2 Å². The molecule has 0 saturated carbocycles. The molecule has 3 nitrogen and oxygen atoms in total. The van der Waals surface area contributed by atoms with Crippen LogP contribution in [-0.4, -0.2) is 11.7 Å². The predicted octanol–water partition coefficient (Wildman–Crippen LogP) is 1.95. The first-order chi connectivity index (χ1) is 6.56. The molecule has 0 aliphatic rings. The second-order valence-corrected chi connectivity index (χ2v) is 5.34. The van der Waals surface area contributed by atoms with Gasteiger partial charge >= 0.3 is 0 Å². The van der Waals surface area contributed by atoms with Crippen molar-refractivity contribution in [1.82, 2.24) is 0 Å². The number of phenols is 1. The zero-order valence-electron chi connectivity index (χ0n) is 7.50. The topological polar surface area (TPSA) is 72.3 Å². The first kappa shape index (κ1) is 12.5. The van der Waals surface area contributed by atoms with Gasteiger partial charge in [-0.05, 0) is 75.8 Å². The normalized spacial score (nSPS) is 12.9. The lowest BCUT2D eigenvalue weighted by molar-refractivity contribution is 0.467. The van der Waals surface area contributed by atoms with Crippen molar-refractivity contribution in [3.63, 3.8) is 0 Å². The van der Waals surface area contributed by atoms with Gasteiger partial charge in [-0.25, -0.2) is 0 Å². The van der Waals surface area contributed by atoms with Gasteiger partial charge in [0.2, 0.25) is 0 Å². The minimum atomic E-state index is -0.0392. The van der Waals surface area contributed by atoms with Crippen LogP contribution in [0.2, 0.25) is 0 Å². The molecule has 1 rings (SSSR count). The summed E-state index contributed by atoms with van der Waals surface area (Å²) in [4.78, 5) is 0. The smallest absolute Gasteiger partial charge is 0.142 e. The lowest BCUT2D eigenvalue weighted by Gasteiger charge is -2.12. The molecule has 14 heavy (non-hydrogen) atoms. The molecule has 0 aromatic heterocycles. The molecular formula is C9H12I2N2O. The van der Waals surface area contributed by atoms with Gasteiger partial charge in [0.15, 0.2) is 0 Å². The second-order valence-electron chi connectivity index (χ2n) is 3.02. The molecular weight excluding hydrogens is 406 g/mol. The Labute approximate surface area is 111 Å². The molecule has 0 fully saturated rings. The van der Waals surface area contributed by atoms with E-state index in [4.69, 9.17) is 11.5 Å². The Kier molecular flexibility index (Phi) is 4.88. The Morgan fingerprint density at radius 3 is 2.21 bits per heavy atom. The molecule has 5 N–H and O–H groups in total. The monoisotopic (exact) mass is 418 g/mol. The van der Waals surface area contributed by atoms with Crippen molar-refractivity contribution < 1.29 is 5.11 Å². The van der Waals surface area contributed by atoms with Gasteiger partial charge in [-0.2, -0.15) is 0 Å². The number of hydrogen-bond donors (Lipinski definition) is 3. The highest BCUT2D eigenvalue weighted by molar-refractivity contribution is 14.1. The van der Waals surface area contributed by atoms with Crippen molar-refractivity contribution in [2.24, 2.45) is 11.5 Å². The molecule has 0 radical (unpaired) electrons. The maximum Gasteiger partial charge on any atom is 0.142 e. The maximum atomic E-state index is 9.56. The Morgan fingerprint density at radius 2 is 1.79 bits per heavy atom. The lowest BCUT2D eigenvalue weighted by Crippen LogP contribution is -2.15. The van der Waals surface area contributed by atoms with Gasteiger partial charge in [0.1, 0.15) is 5.75 Å². The van der Waals surface area contributed by atoms with E-state index in [1.165, 1.54) is 0 Å². The van der Waals surface area contributed by atoms with Crippen molar-refractivity contribution in [1.29, 1.82) is 0 Å². The third-order valence-electron chi connectivity index (χ3n) is 1.95. The SMILES string of the molecule is NCC[C@@H](N)c1cc(I)c(O)c(I)c1. The predicted molar refractivity (Wildman–Crippen MR) is 74.1 cm³/mol. The van der Waals surface area contributed by atoms with Crippen LogP contribution in [0.25, 0.3) is 0 Å². The van der Waals surface area contributed by atoms with Crippen LogP contribution in [0.4, 0.5) is 0 Å². The molecule has 1 aromatic rings. The summed E-state index contributed by atoms with van der Waals surface area (Å²) in [5, 5.41) is 9.56. The first-order valence-electron chi connectivity index (χ1n) is 4.19. The Morgan fingerprint density at radius 1 is 1.29 bits per heavy atom. The van der Waals surface area contributed by atoms with E-state index >= 15 is 0 Å². The summed E-state index contributed by atoms with van der Waals surface area (Å²) in [5.41, 5.74) is 12.4. The van der Waals surface area contributed by atoms with E-state index in [1.807, 2.05) is 12.1 Å². The molecule has 0 aliphatic heterocycles. The van der Waals surface area contributed by atoms with E-state index < -0.39 is 0 Å². The number of halogens is 2. The van der Waals surface area contributed by atoms with Gasteiger partial charge < -0.3 is 16.6 Å². The highest BCUT2D eigenvalue weighted by atomic mass is 127. The zero-order valence-corrected chi connectivity index (χ0v) is 11.8. The Balaban J connectivity index is 3.00. The number of hydrogen-bond acceptors (Lipinski definition) is 3. The molecule has 78 valence electrons. The van der Waals surface area contributed by atoms with Crippen molar-refractivity contribution in [2.75, 3.05) is 6.54 Å². The summed E-state index contributed by atoms with van der Waals surface area (Å²) in [5.74, 6) is 0.329. The third-order valence-corrected chi connectivity index (χ3v) is 3.59. The number of aromatic hydroxyl groups is 1. The highest BCUT2D eigenvalue weighted by Crippen LogP contribution is 2.29. The summed E-state index contributed by atoms with van der Waals surface area (Å²) < 4.78 is 1.66. The molecule has 0 amide bonds. The van der Waals surface area contributed by atoms with E-state index in [9.17, 15) is 5.11 Å². The summed E-state index contributed by atoms with van der Waals surface area (Å²) in [7, 11) is 0. The van der Waals surface area contributed by atoms with Crippen LogP contribution < -0.4 is 11.5 Å². The minimum Gasteiger partial charge on any atom is -0.506 e. The van der Waals surface area contributed by atoms with Gasteiger partial charge in [0.05, 0.1) is 7.14 Å². The van der Waals surface area contributed by atoms with Gasteiger partial charge in [0.25, 0.3) is 0 Å². The number of nitrogens with two attached hydrogens (primary N) is 2. The van der Waals surface area contributed by atoms with Crippen LogP contribution in [0.1, 0.15) is 18.0 Å². The van der Waals surface area contributed by atoms with Crippen LogP contribution >= 0.6 is 45.2 Å². The maximum absolute atomic E-state index is 9.56. The molecule has 0 spiro atoms. The molecule has 0 aliphatic carbocycles. The summed E-state index contributed by atoms with van der Waals surface area (Å²) in [6.45, 7) is 0.579. The lowest BCUT2D eigenvalue weighted by atomic mass is 10.1. The van der Waals surface area contributed by atoms with Crippen LogP contribution in [0.3, 0.4) is 0 Å². The average molecular weight is 418 g/mol. The second kappa shape index (κ2) is 5.47. The van der Waals surface area contributed by atoms with Crippen LogP contribution in [0.5, 0.6) is 5.75 Å². The first-order valence-corrected chi connectivity index (χ1v) is 6.35. The van der Waals surface area contributed by atoms with Crippen molar-refractivity contribution in [3.05, 3.63) is 24.8 Å². The van der Waals surface area contributed by atoms with E-state index in [1.54, 1.807) is 0 Å². The number of benzene rings is 1. The third kappa shape index (κ3) is 2.94. The standard InChI is InChI=1S/C9H12I2N2O/c10-6-3-5(8(13)1-2-12)4-7(11)9(6)14/h3-4,8,14H,1-2,12-13H2/t8-/m1/s1. The van der Waals surface area contributed by atoms with E-state index in [-0.39, 0.29) is 6.04 Å². The Bertz CT molecular complexity index is 308. The fourth-order valence-corrected chi connectivity index (χ4v) is 2.96. The molecule has 0 saturated heterocycles. The molecule has 0 bridgehead atoms.